The van der Waals surface area contributed by atoms with E-state index in [1.165, 1.54) is 11.3 Å². The monoisotopic (exact) mass is 350 g/mol. The Labute approximate surface area is 153 Å². The molecule has 0 saturated heterocycles. The molecule has 4 rings (SSSR count). The van der Waals surface area contributed by atoms with Gasteiger partial charge in [0, 0.05) is 35.8 Å². The topological polar surface area (TPSA) is 44.7 Å². The molecule has 1 N–H and O–H groups in total. The quantitative estimate of drug-likeness (QED) is 0.779. The Bertz CT molecular complexity index is 933. The molecule has 5 nitrogen and oxygen atoms in total. The summed E-state index contributed by atoms with van der Waals surface area (Å²) in [6.45, 7) is 0.764. The van der Waals surface area contributed by atoms with Crippen LogP contribution in [0.1, 0.15) is 22.9 Å². The fourth-order valence-corrected chi connectivity index (χ4v) is 3.61. The molecule has 0 amide bonds. The minimum absolute atomic E-state index is 0.0350. The molecule has 1 aromatic heterocycles. The Balaban J connectivity index is 1.88. The molecule has 1 atom stereocenters. The third-order valence-electron chi connectivity index (χ3n) is 4.87. The Hall–Kier alpha value is -2.92. The first kappa shape index (κ1) is 16.5. The molecule has 0 radical (unpaired) electrons. The van der Waals surface area contributed by atoms with Gasteiger partial charge < -0.3 is 24.1 Å². The molecule has 0 unspecified atom stereocenters. The van der Waals surface area contributed by atoms with Gasteiger partial charge in [0.1, 0.15) is 5.75 Å². The van der Waals surface area contributed by atoms with Crippen LogP contribution < -0.4 is 19.5 Å². The average molecular weight is 350 g/mol. The van der Waals surface area contributed by atoms with E-state index in [0.29, 0.717) is 11.5 Å². The summed E-state index contributed by atoms with van der Waals surface area (Å²) in [5.74, 6) is 2.10. The summed E-state index contributed by atoms with van der Waals surface area (Å²) >= 11 is 0. The third-order valence-corrected chi connectivity index (χ3v) is 4.87. The summed E-state index contributed by atoms with van der Waals surface area (Å²) in [5, 5.41) is 3.66. The van der Waals surface area contributed by atoms with Crippen molar-refractivity contribution < 1.29 is 14.2 Å². The molecule has 0 saturated carbocycles. The lowest BCUT2D eigenvalue weighted by molar-refractivity contribution is 0.346. The van der Waals surface area contributed by atoms with Gasteiger partial charge in [-0.3, -0.25) is 0 Å². The van der Waals surface area contributed by atoms with Gasteiger partial charge in [0.05, 0.1) is 27.4 Å². The van der Waals surface area contributed by atoms with Crippen LogP contribution in [-0.2, 0) is 6.54 Å². The standard InChI is InChI=1S/C21H22N2O3/c1-24-18-12-20(26-3)19(25-2)11-15(18)21-17-9-6-10-23(17)16-8-5-4-7-14(16)13-22-21/h4-12,21-22H,13H2,1-3H3/t21-/m0/s1. The van der Waals surface area contributed by atoms with E-state index < -0.39 is 0 Å². The number of benzene rings is 2. The smallest absolute Gasteiger partial charge is 0.164 e. The summed E-state index contributed by atoms with van der Waals surface area (Å²) in [5.41, 5.74) is 4.62. The normalized spacial score (nSPS) is 15.6. The minimum atomic E-state index is -0.0350. The van der Waals surface area contributed by atoms with Crippen molar-refractivity contribution >= 4 is 0 Å². The maximum Gasteiger partial charge on any atom is 0.164 e. The predicted octanol–water partition coefficient (Wildman–Crippen LogP) is 3.70. The van der Waals surface area contributed by atoms with Gasteiger partial charge in [-0.1, -0.05) is 18.2 Å². The molecule has 2 aromatic carbocycles. The first-order chi connectivity index (χ1) is 12.8. The molecule has 3 aromatic rings. The lowest BCUT2D eigenvalue weighted by Crippen LogP contribution is -2.22. The summed E-state index contributed by atoms with van der Waals surface area (Å²) in [7, 11) is 4.95. The number of ether oxygens (including phenoxy) is 3. The van der Waals surface area contributed by atoms with Gasteiger partial charge in [-0.2, -0.15) is 0 Å². The lowest BCUT2D eigenvalue weighted by Gasteiger charge is -2.22. The maximum atomic E-state index is 5.67. The van der Waals surface area contributed by atoms with Crippen LogP contribution in [-0.4, -0.2) is 25.9 Å². The van der Waals surface area contributed by atoms with E-state index in [2.05, 4.69) is 52.5 Å². The van der Waals surface area contributed by atoms with Crippen LogP contribution in [0.2, 0.25) is 0 Å². The first-order valence-corrected chi connectivity index (χ1v) is 8.55. The molecular weight excluding hydrogens is 328 g/mol. The second-order valence-corrected chi connectivity index (χ2v) is 6.19. The summed E-state index contributed by atoms with van der Waals surface area (Å²) < 4.78 is 18.8. The highest BCUT2D eigenvalue weighted by molar-refractivity contribution is 5.55. The SMILES string of the molecule is COc1cc(OC)c([C@@H]2NCc3ccccc3-n3cccc32)cc1OC. The van der Waals surface area contributed by atoms with Crippen LogP contribution in [0, 0.1) is 0 Å². The van der Waals surface area contributed by atoms with Gasteiger partial charge in [0.25, 0.3) is 0 Å². The van der Waals surface area contributed by atoms with Gasteiger partial charge in [0.15, 0.2) is 11.5 Å². The largest absolute Gasteiger partial charge is 0.496 e. The number of nitrogens with zero attached hydrogens (tertiary/aromatic N) is 1. The second-order valence-electron chi connectivity index (χ2n) is 6.19. The number of hydrogen-bond acceptors (Lipinski definition) is 4. The Morgan fingerprint density at radius 3 is 2.38 bits per heavy atom. The van der Waals surface area contributed by atoms with Crippen molar-refractivity contribution in [3.05, 3.63) is 71.5 Å². The highest BCUT2D eigenvalue weighted by atomic mass is 16.5. The third kappa shape index (κ3) is 2.61. The molecule has 1 aliphatic rings. The molecule has 1 aliphatic heterocycles. The molecule has 2 heterocycles. The van der Waals surface area contributed by atoms with Crippen molar-refractivity contribution in [1.29, 1.82) is 0 Å². The van der Waals surface area contributed by atoms with E-state index in [-0.39, 0.29) is 6.04 Å². The molecular formula is C21H22N2O3. The Morgan fingerprint density at radius 2 is 1.62 bits per heavy atom. The predicted molar refractivity (Wildman–Crippen MR) is 101 cm³/mol. The van der Waals surface area contributed by atoms with Crippen LogP contribution in [0.15, 0.2) is 54.7 Å². The molecule has 5 heteroatoms. The van der Waals surface area contributed by atoms with E-state index in [9.17, 15) is 0 Å². The summed E-state index contributed by atoms with van der Waals surface area (Å²) in [6.07, 6.45) is 2.10. The van der Waals surface area contributed by atoms with Gasteiger partial charge in [0.2, 0.25) is 0 Å². The zero-order valence-electron chi connectivity index (χ0n) is 15.2. The zero-order valence-corrected chi connectivity index (χ0v) is 15.2. The van der Waals surface area contributed by atoms with Crippen molar-refractivity contribution in [1.82, 2.24) is 9.88 Å². The number of fused-ring (bicyclic) bond motifs is 3. The van der Waals surface area contributed by atoms with E-state index in [4.69, 9.17) is 14.2 Å². The summed E-state index contributed by atoms with van der Waals surface area (Å²) in [4.78, 5) is 0. The average Bonchev–Trinajstić information content (AvgIpc) is 3.11. The second kappa shape index (κ2) is 6.77. The number of aromatic nitrogens is 1. The van der Waals surface area contributed by atoms with Crippen LogP contribution in [0.5, 0.6) is 17.2 Å². The van der Waals surface area contributed by atoms with Crippen LogP contribution in [0.4, 0.5) is 0 Å². The Morgan fingerprint density at radius 1 is 0.885 bits per heavy atom. The lowest BCUT2D eigenvalue weighted by atomic mass is 10.0. The number of para-hydroxylation sites is 1. The van der Waals surface area contributed by atoms with Crippen molar-refractivity contribution in [2.45, 2.75) is 12.6 Å². The maximum absolute atomic E-state index is 5.67. The van der Waals surface area contributed by atoms with Gasteiger partial charge in [-0.05, 0) is 29.8 Å². The zero-order chi connectivity index (χ0) is 18.1. The summed E-state index contributed by atoms with van der Waals surface area (Å²) in [6, 6.07) is 16.5. The molecule has 134 valence electrons. The number of rotatable bonds is 4. The van der Waals surface area contributed by atoms with Crippen molar-refractivity contribution in [3.8, 4) is 22.9 Å². The van der Waals surface area contributed by atoms with Gasteiger partial charge in [-0.15, -0.1) is 0 Å². The van der Waals surface area contributed by atoms with Crippen molar-refractivity contribution in [2.24, 2.45) is 0 Å². The fourth-order valence-electron chi connectivity index (χ4n) is 3.61. The van der Waals surface area contributed by atoms with Gasteiger partial charge in [-0.25, -0.2) is 0 Å². The van der Waals surface area contributed by atoms with Crippen LogP contribution in [0.3, 0.4) is 0 Å². The van der Waals surface area contributed by atoms with Crippen LogP contribution >= 0.6 is 0 Å². The Kier molecular flexibility index (Phi) is 4.31. The van der Waals surface area contributed by atoms with Gasteiger partial charge >= 0.3 is 0 Å². The highest BCUT2D eigenvalue weighted by Gasteiger charge is 2.26. The minimum Gasteiger partial charge on any atom is -0.496 e. The van der Waals surface area contributed by atoms with E-state index in [1.807, 2.05) is 12.1 Å². The molecule has 0 fully saturated rings. The molecule has 26 heavy (non-hydrogen) atoms. The number of hydrogen-bond donors (Lipinski definition) is 1. The fraction of sp³-hybridized carbons (Fsp3) is 0.238. The molecule has 0 bridgehead atoms. The van der Waals surface area contributed by atoms with Crippen LogP contribution in [0.25, 0.3) is 5.69 Å². The van der Waals surface area contributed by atoms with Crippen molar-refractivity contribution in [2.75, 3.05) is 21.3 Å². The molecule has 0 aliphatic carbocycles. The first-order valence-electron chi connectivity index (χ1n) is 8.55. The highest BCUT2D eigenvalue weighted by Crippen LogP contribution is 2.41. The van der Waals surface area contributed by atoms with E-state index >= 15 is 0 Å². The molecule has 0 spiro atoms. The van der Waals surface area contributed by atoms with E-state index in [0.717, 1.165) is 23.6 Å². The van der Waals surface area contributed by atoms with Crippen molar-refractivity contribution in [3.63, 3.8) is 0 Å². The number of methoxy groups -OCH3 is 3. The van der Waals surface area contributed by atoms with E-state index in [1.54, 1.807) is 21.3 Å². The number of nitrogens with one attached hydrogen (secondary N) is 1.